The van der Waals surface area contributed by atoms with Crippen LogP contribution in [0.1, 0.15) is 61.1 Å². The second-order valence-corrected chi connectivity index (χ2v) is 11.8. The number of aromatic nitrogens is 1. The summed E-state index contributed by atoms with van der Waals surface area (Å²) >= 11 is 3.53. The lowest BCUT2D eigenvalue weighted by atomic mass is 9.82. The number of hydrogen-bond acceptors (Lipinski definition) is 6. The highest BCUT2D eigenvalue weighted by molar-refractivity contribution is 9.10. The highest BCUT2D eigenvalue weighted by Crippen LogP contribution is 2.36. The number of hydrogen-bond donors (Lipinski definition) is 1. The van der Waals surface area contributed by atoms with Crippen LogP contribution in [0.5, 0.6) is 5.75 Å². The van der Waals surface area contributed by atoms with Gasteiger partial charge >= 0.3 is 0 Å². The first-order valence-electron chi connectivity index (χ1n) is 13.9. The Morgan fingerprint density at radius 1 is 1.10 bits per heavy atom. The second kappa shape index (κ2) is 11.6. The summed E-state index contributed by atoms with van der Waals surface area (Å²) in [6, 6.07) is 15.9. The highest BCUT2D eigenvalue weighted by atomic mass is 79.9. The maximum atomic E-state index is 13.6. The molecule has 0 saturated carbocycles. The number of carbonyl (C=O) groups is 1. The minimum absolute atomic E-state index is 0.00981. The molecule has 2 saturated heterocycles. The summed E-state index contributed by atoms with van der Waals surface area (Å²) < 4.78 is 1.05. The highest BCUT2D eigenvalue weighted by Gasteiger charge is 2.40. The number of halogens is 1. The van der Waals surface area contributed by atoms with Crippen molar-refractivity contribution in [3.63, 3.8) is 0 Å². The number of nitrogens with zero attached hydrogens (tertiary/aromatic N) is 4. The molecular weight excluding hydrogens is 556 g/mol. The lowest BCUT2D eigenvalue weighted by Crippen LogP contribution is -2.56. The van der Waals surface area contributed by atoms with E-state index in [9.17, 15) is 9.90 Å². The molecule has 2 aliphatic rings. The molecule has 0 bridgehead atoms. The van der Waals surface area contributed by atoms with E-state index < -0.39 is 0 Å². The summed E-state index contributed by atoms with van der Waals surface area (Å²) in [5, 5.41) is 16.0. The molecule has 2 aliphatic heterocycles. The molecule has 8 heteroatoms. The number of rotatable bonds is 6. The number of aromatic hydroxyl groups is 1. The Kier molecular flexibility index (Phi) is 8.24. The van der Waals surface area contributed by atoms with Gasteiger partial charge in [-0.15, -0.1) is 0 Å². The van der Waals surface area contributed by atoms with Crippen molar-refractivity contribution < 1.29 is 14.7 Å². The van der Waals surface area contributed by atoms with E-state index in [-0.39, 0.29) is 17.2 Å². The quantitative estimate of drug-likeness (QED) is 0.274. The zero-order chi connectivity index (χ0) is 27.6. The smallest absolute Gasteiger partial charge is 0.258 e. The van der Waals surface area contributed by atoms with E-state index in [0.29, 0.717) is 42.3 Å². The molecule has 1 N–H and O–H groups in total. The van der Waals surface area contributed by atoms with Crippen LogP contribution in [0, 0.1) is 12.8 Å². The fourth-order valence-electron chi connectivity index (χ4n) is 6.02. The fourth-order valence-corrected chi connectivity index (χ4v) is 6.28. The molecule has 206 valence electrons. The fraction of sp³-hybridized carbons (Fsp3) is 0.452. The summed E-state index contributed by atoms with van der Waals surface area (Å²) in [7, 11) is 0. The maximum absolute atomic E-state index is 13.6. The van der Waals surface area contributed by atoms with Crippen molar-refractivity contribution in [2.45, 2.75) is 52.0 Å². The normalized spacial score (nSPS) is 18.9. The first-order chi connectivity index (χ1) is 18.8. The zero-order valence-corrected chi connectivity index (χ0v) is 24.6. The third-order valence-electron chi connectivity index (χ3n) is 8.46. The average molecular weight is 594 g/mol. The molecule has 39 heavy (non-hydrogen) atoms. The molecule has 2 aromatic carbocycles. The van der Waals surface area contributed by atoms with E-state index in [0.717, 1.165) is 60.0 Å². The minimum atomic E-state index is -0.110. The number of likely N-dealkylation sites (tertiary alicyclic amines) is 2. The molecule has 3 aromatic rings. The van der Waals surface area contributed by atoms with Crippen molar-refractivity contribution in [3.8, 4) is 5.75 Å². The van der Waals surface area contributed by atoms with Crippen LogP contribution < -0.4 is 0 Å². The number of fused-ring (bicyclic) bond motifs is 1. The Morgan fingerprint density at radius 2 is 1.77 bits per heavy atom. The number of amides is 1. The van der Waals surface area contributed by atoms with E-state index >= 15 is 0 Å². The van der Waals surface area contributed by atoms with Crippen LogP contribution >= 0.6 is 15.9 Å². The van der Waals surface area contributed by atoms with Crippen LogP contribution in [0.3, 0.4) is 0 Å². The molecule has 0 radical (unpaired) electrons. The van der Waals surface area contributed by atoms with Crippen LogP contribution in [0.2, 0.25) is 0 Å². The van der Waals surface area contributed by atoms with Gasteiger partial charge in [0.25, 0.3) is 5.91 Å². The third kappa shape index (κ3) is 5.68. The van der Waals surface area contributed by atoms with Crippen molar-refractivity contribution >= 4 is 38.5 Å². The number of aryl methyl sites for hydroxylation is 1. The Labute approximate surface area is 239 Å². The van der Waals surface area contributed by atoms with Crippen molar-refractivity contribution in [1.82, 2.24) is 14.8 Å². The van der Waals surface area contributed by atoms with Gasteiger partial charge in [0.05, 0.1) is 22.5 Å². The van der Waals surface area contributed by atoms with Gasteiger partial charge in [0.1, 0.15) is 12.4 Å². The summed E-state index contributed by atoms with van der Waals surface area (Å²) in [4.78, 5) is 28.1. The first-order valence-corrected chi connectivity index (χ1v) is 14.7. The van der Waals surface area contributed by atoms with Gasteiger partial charge in [0, 0.05) is 34.4 Å². The second-order valence-electron chi connectivity index (χ2n) is 10.9. The van der Waals surface area contributed by atoms with E-state index in [1.54, 1.807) is 6.92 Å². The molecule has 0 spiro atoms. The topological polar surface area (TPSA) is 78.3 Å². The Hall–Kier alpha value is -2.97. The van der Waals surface area contributed by atoms with Gasteiger partial charge < -0.3 is 14.8 Å². The molecule has 2 fully saturated rings. The van der Waals surface area contributed by atoms with E-state index in [2.05, 4.69) is 62.2 Å². The third-order valence-corrected chi connectivity index (χ3v) is 8.99. The molecule has 5 rings (SSSR count). The molecular formula is C31H37BrN4O3. The molecule has 0 atom stereocenters. The number of pyridine rings is 1. The zero-order valence-electron chi connectivity index (χ0n) is 23.0. The van der Waals surface area contributed by atoms with Gasteiger partial charge in [-0.1, -0.05) is 51.4 Å². The van der Waals surface area contributed by atoms with E-state index in [1.165, 1.54) is 0 Å². The SMILES string of the molecule is CCO/N=C(\c1ccc(Br)cc1)C1CCN(C2(C)CCN(C(=O)c3c(O)c(C)nc4ccccc34)CC2)CC1. The lowest BCUT2D eigenvalue weighted by molar-refractivity contribution is 0.0161. The Morgan fingerprint density at radius 3 is 2.44 bits per heavy atom. The maximum Gasteiger partial charge on any atom is 0.258 e. The van der Waals surface area contributed by atoms with Crippen molar-refractivity contribution in [2.75, 3.05) is 32.8 Å². The number of benzene rings is 2. The van der Waals surface area contributed by atoms with Crippen molar-refractivity contribution in [3.05, 3.63) is 69.8 Å². The molecule has 1 amide bonds. The van der Waals surface area contributed by atoms with Crippen molar-refractivity contribution in [1.29, 1.82) is 0 Å². The van der Waals surface area contributed by atoms with Crippen molar-refractivity contribution in [2.24, 2.45) is 11.1 Å². The summed E-state index contributed by atoms with van der Waals surface area (Å²) in [5.41, 5.74) is 3.78. The standard InChI is InChI=1S/C31H37BrN4O3/c1-4-39-34-28(22-9-11-24(32)12-10-22)23-13-17-36(18-14-23)31(3)15-19-35(20-16-31)30(38)27-25-7-5-6-8-26(25)33-21(2)29(27)37/h5-12,23,37H,4,13-20H2,1-3H3/b34-28+. The molecule has 0 unspecified atom stereocenters. The van der Waals surface area contributed by atoms with Gasteiger partial charge in [0.2, 0.25) is 0 Å². The van der Waals surface area contributed by atoms with Crippen LogP contribution in [-0.2, 0) is 4.84 Å². The largest absolute Gasteiger partial charge is 0.505 e. The monoisotopic (exact) mass is 592 g/mol. The Balaban J connectivity index is 1.24. The van der Waals surface area contributed by atoms with Crippen LogP contribution in [0.4, 0.5) is 0 Å². The van der Waals surface area contributed by atoms with Crippen LogP contribution in [0.25, 0.3) is 10.9 Å². The van der Waals surface area contributed by atoms with Gasteiger partial charge in [-0.2, -0.15) is 0 Å². The summed E-state index contributed by atoms with van der Waals surface area (Å²) in [6.45, 7) is 9.92. The predicted octanol–water partition coefficient (Wildman–Crippen LogP) is 6.16. The molecule has 0 aliphatic carbocycles. The van der Waals surface area contributed by atoms with Gasteiger partial charge in [-0.3, -0.25) is 9.69 Å². The van der Waals surface area contributed by atoms with Gasteiger partial charge in [-0.25, -0.2) is 4.98 Å². The summed E-state index contributed by atoms with van der Waals surface area (Å²) in [6.07, 6.45) is 3.85. The van der Waals surface area contributed by atoms with E-state index in [1.807, 2.05) is 36.1 Å². The number of oxime groups is 1. The molecule has 3 heterocycles. The average Bonchev–Trinajstić information content (AvgIpc) is 2.95. The number of carbonyl (C=O) groups excluding carboxylic acids is 1. The molecule has 1 aromatic heterocycles. The lowest BCUT2D eigenvalue weighted by Gasteiger charge is -2.49. The van der Waals surface area contributed by atoms with Crippen LogP contribution in [0.15, 0.2) is 58.2 Å². The Bertz CT molecular complexity index is 1360. The van der Waals surface area contributed by atoms with Crippen LogP contribution in [-0.4, -0.2) is 69.8 Å². The van der Waals surface area contributed by atoms with Gasteiger partial charge in [0.15, 0.2) is 0 Å². The minimum Gasteiger partial charge on any atom is -0.505 e. The van der Waals surface area contributed by atoms with E-state index in [4.69, 9.17) is 4.84 Å². The van der Waals surface area contributed by atoms with Gasteiger partial charge in [-0.05, 0) is 83.3 Å². The summed E-state index contributed by atoms with van der Waals surface area (Å²) in [5.74, 6) is 0.232. The number of para-hydroxylation sites is 1. The number of piperidine rings is 2. The predicted molar refractivity (Wildman–Crippen MR) is 158 cm³/mol. The molecule has 7 nitrogen and oxygen atoms in total. The first kappa shape index (κ1) is 27.6.